The second kappa shape index (κ2) is 32.7. The molecular weight excluding hydrogens is 1470 g/mol. The molecule has 2 unspecified atom stereocenters. The number of aliphatic hydroxyl groups excluding tert-OH is 1. The third-order valence-electron chi connectivity index (χ3n) is 17.7. The smallest absolute Gasteiger partial charge is 0.410 e. The molecule has 3 aliphatic heterocycles. The van der Waals surface area contributed by atoms with E-state index in [1.165, 1.54) is 68.0 Å². The molecule has 2 N–H and O–H groups in total. The molecule has 0 aliphatic carbocycles. The van der Waals surface area contributed by atoms with E-state index in [9.17, 15) is 55.4 Å². The highest BCUT2D eigenvalue weighted by molar-refractivity contribution is 9.10. The molecule has 4 aromatic carbocycles. The van der Waals surface area contributed by atoms with Crippen LogP contribution in [0.2, 0.25) is 0 Å². The molecule has 3 atom stereocenters. The lowest BCUT2D eigenvalue weighted by Gasteiger charge is -2.31. The van der Waals surface area contributed by atoms with Gasteiger partial charge in [0.25, 0.3) is 25.2 Å². The Morgan fingerprint density at radius 2 is 1.34 bits per heavy atom. The van der Waals surface area contributed by atoms with Crippen LogP contribution in [0.3, 0.4) is 0 Å². The summed E-state index contributed by atoms with van der Waals surface area (Å²) in [5.41, 5.74) is 5.66. The number of imidazole rings is 1. The molecule has 2 saturated heterocycles. The van der Waals surface area contributed by atoms with E-state index < -0.39 is 72.7 Å². The van der Waals surface area contributed by atoms with E-state index in [0.29, 0.717) is 78.2 Å². The normalized spacial score (nSPS) is 15.5. The molecule has 0 saturated carbocycles. The van der Waals surface area contributed by atoms with Crippen LogP contribution >= 0.6 is 43.2 Å². The second-order valence-electron chi connectivity index (χ2n) is 25.7. The Bertz CT molecular complexity index is 4570. The number of ketones is 1. The van der Waals surface area contributed by atoms with Gasteiger partial charge in [0.15, 0.2) is 17.0 Å². The summed E-state index contributed by atoms with van der Waals surface area (Å²) >= 11 is 7.81. The number of likely N-dealkylation sites (tertiary alicyclic amines) is 2. The number of carbonyl (C=O) groups excluding carboxylic acids is 5. The number of aryl methyl sites for hydroxylation is 4. The summed E-state index contributed by atoms with van der Waals surface area (Å²) in [5, 5.41) is 28.5. The van der Waals surface area contributed by atoms with Gasteiger partial charge >= 0.3 is 18.0 Å². The van der Waals surface area contributed by atoms with Gasteiger partial charge in [-0.25, -0.2) is 50.6 Å². The van der Waals surface area contributed by atoms with Crippen molar-refractivity contribution in [3.05, 3.63) is 149 Å². The van der Waals surface area contributed by atoms with Gasteiger partial charge in [-0.05, 0) is 166 Å². The van der Waals surface area contributed by atoms with Gasteiger partial charge in [0.2, 0.25) is 6.04 Å². The number of ether oxygens (including phenoxy) is 3. The molecule has 0 radical (unpaired) electrons. The molecule has 101 heavy (non-hydrogen) atoms. The first-order valence-electron chi connectivity index (χ1n) is 32.9. The highest BCUT2D eigenvalue weighted by Crippen LogP contribution is 2.39. The number of rotatable bonds is 18. The number of piperidine rings is 1. The molecule has 2 amide bonds. The minimum absolute atomic E-state index is 0.0106. The number of esters is 2. The van der Waals surface area contributed by atoms with Crippen molar-refractivity contribution in [2.45, 2.75) is 157 Å². The number of Topliss-reactive ketones (excluding diaryl/α,β-unsaturated/α-hetero) is 1. The number of thiazole rings is 1. The molecule has 5 aromatic heterocycles. The lowest BCUT2D eigenvalue weighted by Crippen LogP contribution is -2.47. The number of nitrogens with zero attached hydrogens (tertiary/aromatic N) is 11. The van der Waals surface area contributed by atoms with Crippen LogP contribution < -0.4 is 5.32 Å². The van der Waals surface area contributed by atoms with Crippen molar-refractivity contribution in [1.82, 2.24) is 53.7 Å². The Kier molecular flexibility index (Phi) is 24.3. The van der Waals surface area contributed by atoms with Crippen LogP contribution in [0.4, 0.5) is 36.3 Å². The van der Waals surface area contributed by atoms with Crippen molar-refractivity contribution in [3.8, 4) is 11.8 Å². The van der Waals surface area contributed by atoms with Gasteiger partial charge in [0.05, 0.1) is 47.8 Å². The third kappa shape index (κ3) is 17.4. The SMILES string of the molecule is CCOC(=O)C(C(=O)[C@H]1CCCN1C(=O)OC(C)(C)C)n1cc2c(C(F)F)cc(Br)c(C)c2n1.CCOC(=O)Cn1cc2c(C(F)F)cc(Br)c(C)c2n1.Cc1c(C#Cc2ccc(CN3CCC(CO)CC3)cc2)cc(C(F)F)c2cn(C(C(=O)Nc3nccs3)c3ncn4c3CCC4)nc12. The van der Waals surface area contributed by atoms with Crippen LogP contribution in [0.1, 0.15) is 160 Å². The van der Waals surface area contributed by atoms with E-state index in [4.69, 9.17) is 19.3 Å². The summed E-state index contributed by atoms with van der Waals surface area (Å²) in [6, 6.07) is 8.69. The highest BCUT2D eigenvalue weighted by Gasteiger charge is 2.44. The summed E-state index contributed by atoms with van der Waals surface area (Å²) in [7, 11) is 0. The number of hydrogen-bond acceptors (Lipinski definition) is 16. The number of anilines is 1. The molecule has 21 nitrogen and oxygen atoms in total. The van der Waals surface area contributed by atoms with Crippen molar-refractivity contribution in [1.29, 1.82) is 0 Å². The molecule has 2 fully saturated rings. The van der Waals surface area contributed by atoms with Crippen molar-refractivity contribution >= 4 is 111 Å². The topological polar surface area (TPSA) is 236 Å². The number of hydrogen-bond donors (Lipinski definition) is 2. The largest absolute Gasteiger partial charge is 0.465 e. The van der Waals surface area contributed by atoms with E-state index in [1.807, 2.05) is 35.8 Å². The van der Waals surface area contributed by atoms with Crippen molar-refractivity contribution < 1.29 is 69.6 Å². The second-order valence-corrected chi connectivity index (χ2v) is 28.3. The van der Waals surface area contributed by atoms with Gasteiger partial charge < -0.3 is 23.9 Å². The molecule has 12 rings (SSSR count). The van der Waals surface area contributed by atoms with Crippen LogP contribution in [0.15, 0.2) is 87.9 Å². The maximum Gasteiger partial charge on any atom is 0.410 e. The summed E-state index contributed by atoms with van der Waals surface area (Å²) in [5.74, 6) is 4.34. The van der Waals surface area contributed by atoms with Gasteiger partial charge in [0, 0.05) is 115 Å². The molecule has 30 heteroatoms. The number of carbonyl (C=O) groups is 5. The van der Waals surface area contributed by atoms with E-state index in [1.54, 1.807) is 66.4 Å². The first-order chi connectivity index (χ1) is 48.2. The number of halogens is 8. The number of aromatic nitrogens is 9. The van der Waals surface area contributed by atoms with Crippen LogP contribution in [0, 0.1) is 38.5 Å². The molecule has 0 spiro atoms. The Morgan fingerprint density at radius 3 is 1.94 bits per heavy atom. The Hall–Kier alpha value is -8.50. The van der Waals surface area contributed by atoms with Crippen molar-refractivity contribution in [2.24, 2.45) is 5.92 Å². The number of nitrogens with one attached hydrogen (secondary N) is 1. The monoisotopic (exact) mass is 1540 g/mol. The quantitative estimate of drug-likeness (QED) is 0.0267. The molecule has 8 heterocycles. The highest BCUT2D eigenvalue weighted by atomic mass is 79.9. The van der Waals surface area contributed by atoms with E-state index in [-0.39, 0.29) is 59.3 Å². The van der Waals surface area contributed by atoms with Crippen molar-refractivity contribution in [3.63, 3.8) is 0 Å². The summed E-state index contributed by atoms with van der Waals surface area (Å²) < 4.78 is 105. The molecule has 3 aliphatic rings. The van der Waals surface area contributed by atoms with Crippen LogP contribution in [-0.4, -0.2) is 140 Å². The number of alkyl halides is 6. The minimum Gasteiger partial charge on any atom is -0.465 e. The van der Waals surface area contributed by atoms with E-state index in [2.05, 4.69) is 74.1 Å². The Morgan fingerprint density at radius 1 is 0.733 bits per heavy atom. The van der Waals surface area contributed by atoms with Crippen LogP contribution in [0.25, 0.3) is 32.7 Å². The van der Waals surface area contributed by atoms with Gasteiger partial charge in [-0.1, -0.05) is 55.8 Å². The van der Waals surface area contributed by atoms with Gasteiger partial charge in [-0.2, -0.15) is 15.3 Å². The lowest BCUT2D eigenvalue weighted by atomic mass is 9.97. The Labute approximate surface area is 599 Å². The predicted octanol–water partition coefficient (Wildman–Crippen LogP) is 14.4. The zero-order valence-corrected chi connectivity index (χ0v) is 60.7. The molecule has 0 bridgehead atoms. The van der Waals surface area contributed by atoms with E-state index >= 15 is 0 Å². The molecule has 9 aromatic rings. The first-order valence-corrected chi connectivity index (χ1v) is 35.4. The van der Waals surface area contributed by atoms with Crippen LogP contribution in [-0.2, 0) is 59.4 Å². The predicted molar refractivity (Wildman–Crippen MR) is 374 cm³/mol. The van der Waals surface area contributed by atoms with E-state index in [0.717, 1.165) is 73.4 Å². The number of aliphatic hydroxyl groups is 1. The average Bonchev–Trinajstić information content (AvgIpc) is 1.62. The number of fused-ring (bicyclic) bond motifs is 4. The van der Waals surface area contributed by atoms with Gasteiger partial charge in [-0.3, -0.25) is 38.9 Å². The third-order valence-corrected chi connectivity index (χ3v) is 20.0. The average molecular weight is 1550 g/mol. The maximum atomic E-state index is 14.5. The van der Waals surface area contributed by atoms with Gasteiger partial charge in [-0.15, -0.1) is 11.3 Å². The molecule has 536 valence electrons. The summed E-state index contributed by atoms with van der Waals surface area (Å²) in [6.45, 7) is 18.1. The van der Waals surface area contributed by atoms with Crippen LogP contribution in [0.5, 0.6) is 0 Å². The van der Waals surface area contributed by atoms with Gasteiger partial charge in [0.1, 0.15) is 12.1 Å². The fourth-order valence-electron chi connectivity index (χ4n) is 12.5. The first kappa shape index (κ1) is 75.2. The maximum absolute atomic E-state index is 14.5. The minimum atomic E-state index is -2.79. The summed E-state index contributed by atoms with van der Waals surface area (Å²) in [4.78, 5) is 76.8. The van der Waals surface area contributed by atoms with Crippen molar-refractivity contribution in [2.75, 3.05) is 44.8 Å². The lowest BCUT2D eigenvalue weighted by molar-refractivity contribution is -0.152. The fraction of sp³-hybridized carbons (Fsp3) is 0.437. The zero-order chi connectivity index (χ0) is 72.7. The fourth-order valence-corrected chi connectivity index (χ4v) is 13.9. The number of benzene rings is 4. The Balaban J connectivity index is 0.000000178. The summed E-state index contributed by atoms with van der Waals surface area (Å²) in [6.07, 6.45) is 3.37. The zero-order valence-electron chi connectivity index (χ0n) is 56.7. The molecular formula is C71H76Br2F6N12O9S. The standard InChI is InChI=1S/C35H35F2N7O2S.C23H28BrF2N3O5.C13H13BrF2N2O2/c1-22-26(9-8-23-4-6-24(7-5-23)18-42-14-10-25(20-45)11-15-42)17-27(33(36)37)28-19-44(41-30(22)28)32(34(46)40-35-38-12-16-47-35)31-29-3-2-13-43(29)21-39-31;1-6-33-21(31)18(19(30)16-8-7-9-28(16)22(32)34-23(3,4)5)29-11-14-13(20(25)26)10-15(24)12(2)17(14)27-29;1-3-20-11(19)6-18-5-9-8(13(15)16)4-10(14)7(2)12(9)17-18/h4-7,12,16-17,19,21,25,32-33,45H,2-3,10-11,13-15,18,20H2,1H3,(H,38,40,46);10-11,16,18,20H,6-9H2,1-5H3;4-5,13H,3,6H2,1-2H3/t;16-,18?;/m.1./s1. The number of amides is 2.